The van der Waals surface area contributed by atoms with E-state index in [1.165, 1.54) is 0 Å². The average Bonchev–Trinajstić information content (AvgIpc) is 2.99. The Morgan fingerprint density at radius 2 is 1.33 bits per heavy atom. The van der Waals surface area contributed by atoms with Crippen molar-refractivity contribution in [3.63, 3.8) is 0 Å². The van der Waals surface area contributed by atoms with E-state index in [0.29, 0.717) is 19.4 Å². The Balaban J connectivity index is 1.64. The van der Waals surface area contributed by atoms with Gasteiger partial charge in [0.25, 0.3) is 0 Å². The minimum absolute atomic E-state index is 0.0817. The zero-order chi connectivity index (χ0) is 31.7. The zero-order valence-corrected chi connectivity index (χ0v) is 23.6. The van der Waals surface area contributed by atoms with E-state index in [1.54, 1.807) is 0 Å². The standard InChI is InChI=1S/C25H46N2O16/c26-4-2-1-3-15(30)27-5-6-38-23-18(33)12(41-25-22(37)20(35)17(32)14(9-29)43-25)7-11(40-23)10-39-24-21(36)19(34)16(31)13(8-28)42-24/h11-14,16-25,28-29,31-37H,1-10,26H2,(H,27,30)/t11?,12?,13?,14?,16-,17-,18?,19?,20?,21?,22?,23?,24+,25+/m1/s1. The number of carbonyl (C=O) groups excluding carboxylic acids is 1. The molecule has 0 radical (unpaired) electrons. The van der Waals surface area contributed by atoms with Crippen LogP contribution in [0.1, 0.15) is 25.7 Å². The first-order valence-electron chi connectivity index (χ1n) is 14.3. The minimum atomic E-state index is -1.74. The van der Waals surface area contributed by atoms with Gasteiger partial charge in [-0.2, -0.15) is 0 Å². The molecule has 252 valence electrons. The van der Waals surface area contributed by atoms with Crippen LogP contribution in [0, 0.1) is 0 Å². The van der Waals surface area contributed by atoms with Crippen LogP contribution in [0.3, 0.4) is 0 Å². The summed E-state index contributed by atoms with van der Waals surface area (Å²) in [5, 5.41) is 93.4. The van der Waals surface area contributed by atoms with E-state index in [2.05, 4.69) is 5.32 Å². The van der Waals surface area contributed by atoms with E-state index in [1.807, 2.05) is 0 Å². The molecule has 14 atom stereocenters. The molecule has 0 saturated carbocycles. The van der Waals surface area contributed by atoms with Crippen LogP contribution in [0.4, 0.5) is 0 Å². The topological polar surface area (TPSA) is 293 Å². The molecule has 0 bridgehead atoms. The van der Waals surface area contributed by atoms with Gasteiger partial charge in [0.05, 0.1) is 38.6 Å². The quantitative estimate of drug-likeness (QED) is 0.0750. The number of nitrogens with two attached hydrogens (primary N) is 1. The Morgan fingerprint density at radius 1 is 0.744 bits per heavy atom. The fraction of sp³-hybridized carbons (Fsp3) is 0.960. The molecule has 0 aromatic carbocycles. The fourth-order valence-electron chi connectivity index (χ4n) is 4.92. The molecule has 12 N–H and O–H groups in total. The Morgan fingerprint density at radius 3 is 1.93 bits per heavy atom. The van der Waals surface area contributed by atoms with Crippen molar-refractivity contribution in [2.24, 2.45) is 5.73 Å². The number of rotatable bonds is 15. The van der Waals surface area contributed by atoms with Gasteiger partial charge in [0.15, 0.2) is 18.9 Å². The molecule has 3 saturated heterocycles. The van der Waals surface area contributed by atoms with Crippen molar-refractivity contribution in [1.82, 2.24) is 5.32 Å². The van der Waals surface area contributed by atoms with Gasteiger partial charge >= 0.3 is 0 Å². The summed E-state index contributed by atoms with van der Waals surface area (Å²) in [7, 11) is 0. The molecule has 43 heavy (non-hydrogen) atoms. The fourth-order valence-corrected chi connectivity index (χ4v) is 4.92. The molecule has 1 amide bonds. The molecule has 0 aromatic heterocycles. The van der Waals surface area contributed by atoms with E-state index >= 15 is 0 Å². The van der Waals surface area contributed by atoms with Crippen molar-refractivity contribution >= 4 is 5.91 Å². The molecule has 3 fully saturated rings. The summed E-state index contributed by atoms with van der Waals surface area (Å²) in [6.45, 7) is -1.22. The third-order valence-electron chi connectivity index (χ3n) is 7.50. The van der Waals surface area contributed by atoms with Gasteiger partial charge in [-0.3, -0.25) is 4.79 Å². The number of hydrogen-bond donors (Lipinski definition) is 11. The molecular weight excluding hydrogens is 584 g/mol. The highest BCUT2D eigenvalue weighted by molar-refractivity contribution is 5.75. The van der Waals surface area contributed by atoms with Gasteiger partial charge in [-0.1, -0.05) is 0 Å². The molecular formula is C25H46N2O16. The largest absolute Gasteiger partial charge is 0.394 e. The summed E-state index contributed by atoms with van der Waals surface area (Å²) in [5.41, 5.74) is 5.43. The maximum absolute atomic E-state index is 11.9. The van der Waals surface area contributed by atoms with Gasteiger partial charge in [0.2, 0.25) is 5.91 Å². The summed E-state index contributed by atoms with van der Waals surface area (Å²) < 4.78 is 33.5. The second-order valence-corrected chi connectivity index (χ2v) is 10.7. The highest BCUT2D eigenvalue weighted by Crippen LogP contribution is 2.30. The number of unbranched alkanes of at least 4 members (excludes halogenated alkanes) is 1. The molecule has 0 spiro atoms. The predicted molar refractivity (Wildman–Crippen MR) is 140 cm³/mol. The highest BCUT2D eigenvalue weighted by atomic mass is 16.7. The van der Waals surface area contributed by atoms with Crippen molar-refractivity contribution in [2.75, 3.05) is 39.5 Å². The number of aliphatic hydroxyl groups excluding tert-OH is 9. The molecule has 3 rings (SSSR count). The third kappa shape index (κ3) is 9.66. The van der Waals surface area contributed by atoms with Gasteiger partial charge in [-0.15, -0.1) is 0 Å². The number of ether oxygens (including phenoxy) is 6. The first-order chi connectivity index (χ1) is 20.5. The monoisotopic (exact) mass is 630 g/mol. The van der Waals surface area contributed by atoms with Gasteiger partial charge < -0.3 is 85.4 Å². The normalized spacial score (nSPS) is 42.1. The third-order valence-corrected chi connectivity index (χ3v) is 7.50. The van der Waals surface area contributed by atoms with Crippen molar-refractivity contribution in [1.29, 1.82) is 0 Å². The average molecular weight is 631 g/mol. The number of amides is 1. The van der Waals surface area contributed by atoms with Gasteiger partial charge in [0.1, 0.15) is 54.9 Å². The highest BCUT2D eigenvalue weighted by Gasteiger charge is 2.49. The summed E-state index contributed by atoms with van der Waals surface area (Å²) in [5.74, 6) is -0.211. The van der Waals surface area contributed by atoms with Crippen LogP contribution in [-0.4, -0.2) is 177 Å². The van der Waals surface area contributed by atoms with E-state index in [0.717, 1.165) is 0 Å². The van der Waals surface area contributed by atoms with Gasteiger partial charge in [-0.25, -0.2) is 0 Å². The smallest absolute Gasteiger partial charge is 0.220 e. The van der Waals surface area contributed by atoms with E-state index in [9.17, 15) is 50.8 Å². The van der Waals surface area contributed by atoms with Crippen LogP contribution in [0.15, 0.2) is 0 Å². The van der Waals surface area contributed by atoms with Crippen LogP contribution >= 0.6 is 0 Å². The minimum Gasteiger partial charge on any atom is -0.394 e. The first kappa shape index (κ1) is 36.3. The van der Waals surface area contributed by atoms with Crippen LogP contribution in [0.25, 0.3) is 0 Å². The molecule has 3 aliphatic heterocycles. The lowest BCUT2D eigenvalue weighted by molar-refractivity contribution is -0.348. The van der Waals surface area contributed by atoms with E-state index in [-0.39, 0.29) is 38.5 Å². The van der Waals surface area contributed by atoms with Crippen molar-refractivity contribution in [3.8, 4) is 0 Å². The lowest BCUT2D eigenvalue weighted by atomic mass is 9.98. The summed E-state index contributed by atoms with van der Waals surface area (Å²) >= 11 is 0. The predicted octanol–water partition coefficient (Wildman–Crippen LogP) is -6.27. The van der Waals surface area contributed by atoms with Gasteiger partial charge in [-0.05, 0) is 19.4 Å². The Bertz CT molecular complexity index is 826. The molecule has 3 heterocycles. The summed E-state index contributed by atoms with van der Waals surface area (Å²) in [6.07, 6.45) is -19.0. The molecule has 0 aliphatic carbocycles. The van der Waals surface area contributed by atoms with Crippen LogP contribution in [0.5, 0.6) is 0 Å². The molecule has 3 aliphatic rings. The Hall–Kier alpha value is -1.17. The molecule has 0 aromatic rings. The van der Waals surface area contributed by atoms with E-state index in [4.69, 9.17) is 34.2 Å². The number of carbonyl (C=O) groups is 1. The summed E-state index contributed by atoms with van der Waals surface area (Å²) in [4.78, 5) is 11.9. The van der Waals surface area contributed by atoms with Crippen LogP contribution < -0.4 is 11.1 Å². The van der Waals surface area contributed by atoms with Crippen molar-refractivity contribution < 1.29 is 79.2 Å². The molecule has 18 heteroatoms. The van der Waals surface area contributed by atoms with Crippen LogP contribution in [-0.2, 0) is 33.2 Å². The molecule has 18 nitrogen and oxygen atoms in total. The zero-order valence-electron chi connectivity index (χ0n) is 23.6. The first-order valence-corrected chi connectivity index (χ1v) is 14.3. The number of hydrogen-bond acceptors (Lipinski definition) is 17. The Labute approximate surface area is 247 Å². The molecule has 10 unspecified atom stereocenters. The lowest BCUT2D eigenvalue weighted by Crippen LogP contribution is -2.62. The van der Waals surface area contributed by atoms with Crippen molar-refractivity contribution in [2.45, 2.75) is 112 Å². The van der Waals surface area contributed by atoms with Crippen LogP contribution in [0.2, 0.25) is 0 Å². The second kappa shape index (κ2) is 17.5. The number of aliphatic hydroxyl groups is 9. The lowest BCUT2D eigenvalue weighted by Gasteiger charge is -2.44. The maximum Gasteiger partial charge on any atom is 0.220 e. The van der Waals surface area contributed by atoms with E-state index < -0.39 is 99.2 Å². The second-order valence-electron chi connectivity index (χ2n) is 10.7. The summed E-state index contributed by atoms with van der Waals surface area (Å²) in [6, 6.07) is 0. The maximum atomic E-state index is 11.9. The van der Waals surface area contributed by atoms with Gasteiger partial charge in [0, 0.05) is 19.4 Å². The SMILES string of the molecule is NCCCCC(=O)NCCOC1OC(CO[C@H]2OC(CO)[C@@H](O)C(O)C2O)CC(O[C@H]2OC(CO)[C@@H](O)C(O)C2O)C1O. The Kier molecular flexibility index (Phi) is 14.8. The van der Waals surface area contributed by atoms with Crippen molar-refractivity contribution in [3.05, 3.63) is 0 Å². The number of nitrogens with one attached hydrogen (secondary N) is 1.